The zero-order valence-electron chi connectivity index (χ0n) is 10.7. The van der Waals surface area contributed by atoms with Crippen molar-refractivity contribution in [3.8, 4) is 0 Å². The number of carbonyl (C=O) groups is 2. The van der Waals surface area contributed by atoms with Gasteiger partial charge in [-0.05, 0) is 26.8 Å². The summed E-state index contributed by atoms with van der Waals surface area (Å²) in [4.78, 5) is 36.6. The molecule has 0 bridgehead atoms. The summed E-state index contributed by atoms with van der Waals surface area (Å²) in [5.74, 6) is -1.39. The molecule has 0 aromatic carbocycles. The van der Waals surface area contributed by atoms with Gasteiger partial charge >= 0.3 is 11.9 Å². The van der Waals surface area contributed by atoms with Gasteiger partial charge in [-0.1, -0.05) is 0 Å². The molecule has 0 atom stereocenters. The highest BCUT2D eigenvalue weighted by Crippen LogP contribution is 2.11. The van der Waals surface area contributed by atoms with Gasteiger partial charge in [0.1, 0.15) is 11.3 Å². The average molecular weight is 253 g/mol. The van der Waals surface area contributed by atoms with E-state index in [0.717, 1.165) is 6.07 Å². The molecule has 0 amide bonds. The van der Waals surface area contributed by atoms with Crippen LogP contribution in [0, 0.1) is 0 Å². The molecular formula is C12H15NO5. The van der Waals surface area contributed by atoms with Gasteiger partial charge in [-0.2, -0.15) is 0 Å². The Morgan fingerprint density at radius 1 is 1.17 bits per heavy atom. The number of carbonyl (C=O) groups excluding carboxylic acids is 2. The SMILES string of the molecule is COC(=O)c1cc(C(=O)OC(C)(C)C)cc(=O)[nH]1. The molecule has 18 heavy (non-hydrogen) atoms. The molecule has 0 aliphatic heterocycles. The average Bonchev–Trinajstić information content (AvgIpc) is 2.24. The van der Waals surface area contributed by atoms with E-state index in [-0.39, 0.29) is 11.3 Å². The monoisotopic (exact) mass is 253 g/mol. The molecule has 0 fully saturated rings. The van der Waals surface area contributed by atoms with Gasteiger partial charge in [-0.3, -0.25) is 4.79 Å². The Kier molecular flexibility index (Phi) is 3.90. The van der Waals surface area contributed by atoms with Gasteiger partial charge in [0.2, 0.25) is 5.56 Å². The summed E-state index contributed by atoms with van der Waals surface area (Å²) >= 11 is 0. The minimum atomic E-state index is -0.725. The summed E-state index contributed by atoms with van der Waals surface area (Å²) in [6.07, 6.45) is 0. The van der Waals surface area contributed by atoms with E-state index < -0.39 is 23.1 Å². The maximum Gasteiger partial charge on any atom is 0.354 e. The van der Waals surface area contributed by atoms with Crippen molar-refractivity contribution in [2.75, 3.05) is 7.11 Å². The molecule has 0 unspecified atom stereocenters. The van der Waals surface area contributed by atoms with Crippen LogP contribution in [0.1, 0.15) is 41.6 Å². The fourth-order valence-electron chi connectivity index (χ4n) is 1.22. The van der Waals surface area contributed by atoms with E-state index in [1.165, 1.54) is 13.2 Å². The first-order valence-corrected chi connectivity index (χ1v) is 5.29. The van der Waals surface area contributed by atoms with Gasteiger partial charge in [-0.15, -0.1) is 0 Å². The molecule has 6 heteroatoms. The minimum absolute atomic E-state index is 0.00840. The molecular weight excluding hydrogens is 238 g/mol. The van der Waals surface area contributed by atoms with Crippen molar-refractivity contribution in [3.05, 3.63) is 33.7 Å². The molecule has 1 N–H and O–H groups in total. The highest BCUT2D eigenvalue weighted by atomic mass is 16.6. The van der Waals surface area contributed by atoms with E-state index in [1.54, 1.807) is 20.8 Å². The van der Waals surface area contributed by atoms with Crippen molar-refractivity contribution in [1.82, 2.24) is 4.98 Å². The summed E-state index contributed by atoms with van der Waals surface area (Å²) in [5.41, 5.74) is -1.33. The third kappa shape index (κ3) is 3.73. The Morgan fingerprint density at radius 3 is 2.28 bits per heavy atom. The Balaban J connectivity index is 3.11. The standard InChI is InChI=1S/C12H15NO5/c1-12(2,3)18-10(15)7-5-8(11(16)17-4)13-9(14)6-7/h5-6H,1-4H3,(H,13,14). The Labute approximate surface area is 104 Å². The largest absolute Gasteiger partial charge is 0.464 e. The quantitative estimate of drug-likeness (QED) is 0.798. The van der Waals surface area contributed by atoms with Crippen molar-refractivity contribution in [2.45, 2.75) is 26.4 Å². The van der Waals surface area contributed by atoms with Crippen LogP contribution in [0.4, 0.5) is 0 Å². The molecule has 1 heterocycles. The number of aromatic amines is 1. The van der Waals surface area contributed by atoms with Gasteiger partial charge < -0.3 is 14.5 Å². The first-order valence-electron chi connectivity index (χ1n) is 5.29. The van der Waals surface area contributed by atoms with Gasteiger partial charge in [0.25, 0.3) is 0 Å². The van der Waals surface area contributed by atoms with Crippen LogP contribution in [-0.4, -0.2) is 29.6 Å². The van der Waals surface area contributed by atoms with Crippen LogP contribution in [-0.2, 0) is 9.47 Å². The van der Waals surface area contributed by atoms with Gasteiger partial charge in [-0.25, -0.2) is 9.59 Å². The first kappa shape index (κ1) is 14.0. The predicted molar refractivity (Wildman–Crippen MR) is 63.6 cm³/mol. The van der Waals surface area contributed by atoms with Crippen molar-refractivity contribution in [1.29, 1.82) is 0 Å². The maximum atomic E-state index is 11.7. The molecule has 0 radical (unpaired) electrons. The molecule has 6 nitrogen and oxygen atoms in total. The van der Waals surface area contributed by atoms with Crippen LogP contribution in [0.3, 0.4) is 0 Å². The number of methoxy groups -OCH3 is 1. The molecule has 98 valence electrons. The van der Waals surface area contributed by atoms with Crippen LogP contribution in [0.15, 0.2) is 16.9 Å². The number of esters is 2. The number of pyridine rings is 1. The van der Waals surface area contributed by atoms with E-state index >= 15 is 0 Å². The number of ether oxygens (including phenoxy) is 2. The van der Waals surface area contributed by atoms with E-state index in [9.17, 15) is 14.4 Å². The molecule has 0 saturated carbocycles. The zero-order valence-corrected chi connectivity index (χ0v) is 10.7. The van der Waals surface area contributed by atoms with Crippen LogP contribution in [0.2, 0.25) is 0 Å². The second-order valence-corrected chi connectivity index (χ2v) is 4.64. The minimum Gasteiger partial charge on any atom is -0.464 e. The van der Waals surface area contributed by atoms with Gasteiger partial charge in [0.15, 0.2) is 0 Å². The zero-order chi connectivity index (χ0) is 13.9. The summed E-state index contributed by atoms with van der Waals surface area (Å²) in [6, 6.07) is 2.29. The van der Waals surface area contributed by atoms with Crippen molar-refractivity contribution >= 4 is 11.9 Å². The Hall–Kier alpha value is -2.11. The van der Waals surface area contributed by atoms with Crippen molar-refractivity contribution in [3.63, 3.8) is 0 Å². The number of H-pyrrole nitrogens is 1. The lowest BCUT2D eigenvalue weighted by molar-refractivity contribution is 0.00692. The van der Waals surface area contributed by atoms with Crippen LogP contribution in [0.5, 0.6) is 0 Å². The van der Waals surface area contributed by atoms with Crippen LogP contribution in [0.25, 0.3) is 0 Å². The molecule has 0 aliphatic rings. The van der Waals surface area contributed by atoms with Crippen molar-refractivity contribution < 1.29 is 19.1 Å². The first-order chi connectivity index (χ1) is 8.23. The van der Waals surface area contributed by atoms with Gasteiger partial charge in [0.05, 0.1) is 12.7 Å². The number of nitrogens with one attached hydrogen (secondary N) is 1. The number of rotatable bonds is 2. The highest BCUT2D eigenvalue weighted by molar-refractivity contribution is 5.94. The third-order valence-corrected chi connectivity index (χ3v) is 1.88. The summed E-state index contributed by atoms with van der Waals surface area (Å²) in [7, 11) is 1.18. The predicted octanol–water partition coefficient (Wildman–Crippen LogP) is 1.12. The van der Waals surface area contributed by atoms with Crippen molar-refractivity contribution in [2.24, 2.45) is 0 Å². The Bertz CT molecular complexity index is 524. The Morgan fingerprint density at radius 2 is 1.78 bits per heavy atom. The number of aromatic nitrogens is 1. The summed E-state index contributed by atoms with van der Waals surface area (Å²) < 4.78 is 9.57. The summed E-state index contributed by atoms with van der Waals surface area (Å²) in [5, 5.41) is 0. The van der Waals surface area contributed by atoms with E-state index in [4.69, 9.17) is 4.74 Å². The second kappa shape index (κ2) is 5.03. The van der Waals surface area contributed by atoms with E-state index in [0.29, 0.717) is 0 Å². The molecule has 1 aromatic heterocycles. The molecule has 0 aliphatic carbocycles. The summed E-state index contributed by atoms with van der Waals surface area (Å²) in [6.45, 7) is 5.12. The van der Waals surface area contributed by atoms with Crippen LogP contribution >= 0.6 is 0 Å². The molecule has 0 spiro atoms. The second-order valence-electron chi connectivity index (χ2n) is 4.64. The number of hydrogen-bond donors (Lipinski definition) is 1. The topological polar surface area (TPSA) is 85.5 Å². The normalized spacial score (nSPS) is 10.9. The lowest BCUT2D eigenvalue weighted by Gasteiger charge is -2.19. The molecule has 1 rings (SSSR count). The van der Waals surface area contributed by atoms with E-state index in [1.807, 2.05) is 0 Å². The highest BCUT2D eigenvalue weighted by Gasteiger charge is 2.20. The fourth-order valence-corrected chi connectivity index (χ4v) is 1.22. The molecule has 1 aromatic rings. The van der Waals surface area contributed by atoms with E-state index in [2.05, 4.69) is 9.72 Å². The fraction of sp³-hybridized carbons (Fsp3) is 0.417. The molecule has 0 saturated heterocycles. The maximum absolute atomic E-state index is 11.7. The smallest absolute Gasteiger partial charge is 0.354 e. The van der Waals surface area contributed by atoms with Gasteiger partial charge in [0, 0.05) is 6.07 Å². The lowest BCUT2D eigenvalue weighted by Crippen LogP contribution is -2.25. The lowest BCUT2D eigenvalue weighted by atomic mass is 10.1. The third-order valence-electron chi connectivity index (χ3n) is 1.88. The van der Waals surface area contributed by atoms with Crippen LogP contribution < -0.4 is 5.56 Å². The number of hydrogen-bond acceptors (Lipinski definition) is 5.